The minimum atomic E-state index is -0.241. The van der Waals surface area contributed by atoms with E-state index in [1.165, 1.54) is 6.08 Å². The number of anilines is 1. The standard InChI is InChI=1S/C23H17N3O4S/c27-21(10-8-15-7-9-18-19(12-15)29-14-28-18)24-17-5-2-1-4-16(17)13-22-25-23(26-30-22)20-6-3-11-31-20/h1-12H,13-14H2,(H,24,27)/b10-8+. The van der Waals surface area contributed by atoms with Crippen LogP contribution in [0.2, 0.25) is 0 Å². The summed E-state index contributed by atoms with van der Waals surface area (Å²) < 4.78 is 16.1. The van der Waals surface area contributed by atoms with Crippen LogP contribution in [-0.2, 0) is 11.2 Å². The number of rotatable bonds is 6. The molecule has 3 heterocycles. The van der Waals surface area contributed by atoms with E-state index < -0.39 is 0 Å². The summed E-state index contributed by atoms with van der Waals surface area (Å²) in [5, 5.41) is 8.92. The van der Waals surface area contributed by atoms with E-state index in [1.807, 2.05) is 60.0 Å². The lowest BCUT2D eigenvalue weighted by Gasteiger charge is -2.08. The Morgan fingerprint density at radius 1 is 1.10 bits per heavy atom. The van der Waals surface area contributed by atoms with Gasteiger partial charge in [0.2, 0.25) is 24.4 Å². The topological polar surface area (TPSA) is 86.5 Å². The number of thiophene rings is 1. The number of fused-ring (bicyclic) bond motifs is 1. The van der Waals surface area contributed by atoms with Gasteiger partial charge in [-0.05, 0) is 46.8 Å². The maximum Gasteiger partial charge on any atom is 0.248 e. The van der Waals surface area contributed by atoms with E-state index in [4.69, 9.17) is 14.0 Å². The molecule has 2 aromatic carbocycles. The van der Waals surface area contributed by atoms with Gasteiger partial charge < -0.3 is 19.3 Å². The first kappa shape index (κ1) is 19.1. The number of para-hydroxylation sites is 1. The number of aromatic nitrogens is 2. The van der Waals surface area contributed by atoms with Crippen LogP contribution < -0.4 is 14.8 Å². The summed E-state index contributed by atoms with van der Waals surface area (Å²) in [7, 11) is 0. The summed E-state index contributed by atoms with van der Waals surface area (Å²) in [6.45, 7) is 0.217. The van der Waals surface area contributed by atoms with E-state index in [-0.39, 0.29) is 12.7 Å². The Morgan fingerprint density at radius 3 is 2.90 bits per heavy atom. The van der Waals surface area contributed by atoms with Crippen LogP contribution in [0.1, 0.15) is 17.0 Å². The SMILES string of the molecule is O=C(/C=C/c1ccc2c(c1)OCO2)Nc1ccccc1Cc1nc(-c2cccs2)no1. The zero-order chi connectivity index (χ0) is 21.0. The van der Waals surface area contributed by atoms with Crippen molar-refractivity contribution in [3.63, 3.8) is 0 Å². The molecule has 7 nitrogen and oxygen atoms in total. The Labute approximate surface area is 181 Å². The van der Waals surface area contributed by atoms with Gasteiger partial charge in [-0.1, -0.05) is 35.5 Å². The van der Waals surface area contributed by atoms with Crippen molar-refractivity contribution in [2.45, 2.75) is 6.42 Å². The quantitative estimate of drug-likeness (QED) is 0.443. The Morgan fingerprint density at radius 2 is 2.00 bits per heavy atom. The van der Waals surface area contributed by atoms with Gasteiger partial charge in [-0.15, -0.1) is 11.3 Å². The van der Waals surface area contributed by atoms with Gasteiger partial charge in [0.15, 0.2) is 11.5 Å². The largest absolute Gasteiger partial charge is 0.454 e. The van der Waals surface area contributed by atoms with Crippen molar-refractivity contribution in [2.24, 2.45) is 0 Å². The highest BCUT2D eigenvalue weighted by Crippen LogP contribution is 2.32. The minimum absolute atomic E-state index is 0.217. The van der Waals surface area contributed by atoms with Crippen LogP contribution in [0.4, 0.5) is 5.69 Å². The molecule has 2 aromatic heterocycles. The highest BCUT2D eigenvalue weighted by molar-refractivity contribution is 7.13. The molecule has 0 saturated carbocycles. The molecule has 31 heavy (non-hydrogen) atoms. The van der Waals surface area contributed by atoms with Gasteiger partial charge in [0.05, 0.1) is 11.3 Å². The molecule has 154 valence electrons. The molecule has 1 aliphatic heterocycles. The van der Waals surface area contributed by atoms with Crippen molar-refractivity contribution in [3.8, 4) is 22.2 Å². The zero-order valence-electron chi connectivity index (χ0n) is 16.3. The molecule has 0 aliphatic carbocycles. The molecule has 0 saturated heterocycles. The van der Waals surface area contributed by atoms with Gasteiger partial charge >= 0.3 is 0 Å². The smallest absolute Gasteiger partial charge is 0.248 e. The average Bonchev–Trinajstić information content (AvgIpc) is 3.54. The maximum absolute atomic E-state index is 12.5. The molecule has 4 aromatic rings. The van der Waals surface area contributed by atoms with E-state index >= 15 is 0 Å². The molecule has 0 spiro atoms. The van der Waals surface area contributed by atoms with Crippen molar-refractivity contribution in [1.29, 1.82) is 0 Å². The van der Waals surface area contributed by atoms with E-state index in [0.29, 0.717) is 35.3 Å². The molecule has 1 aliphatic rings. The molecular formula is C23H17N3O4S. The van der Waals surface area contributed by atoms with Crippen molar-refractivity contribution < 1.29 is 18.8 Å². The fraction of sp³-hybridized carbons (Fsp3) is 0.0870. The number of carbonyl (C=O) groups excluding carboxylic acids is 1. The van der Waals surface area contributed by atoms with Crippen LogP contribution in [0.25, 0.3) is 16.8 Å². The van der Waals surface area contributed by atoms with Crippen LogP contribution in [0.5, 0.6) is 11.5 Å². The second-order valence-electron chi connectivity index (χ2n) is 6.76. The van der Waals surface area contributed by atoms with Gasteiger partial charge in [-0.2, -0.15) is 4.98 Å². The summed E-state index contributed by atoms with van der Waals surface area (Å²) in [5.41, 5.74) is 2.42. The van der Waals surface area contributed by atoms with E-state index in [1.54, 1.807) is 17.4 Å². The second-order valence-corrected chi connectivity index (χ2v) is 7.71. The third kappa shape index (κ3) is 4.34. The number of nitrogens with zero attached hydrogens (tertiary/aromatic N) is 2. The summed E-state index contributed by atoms with van der Waals surface area (Å²) in [4.78, 5) is 17.9. The first-order valence-electron chi connectivity index (χ1n) is 9.58. The van der Waals surface area contributed by atoms with Crippen LogP contribution in [-0.4, -0.2) is 22.8 Å². The highest BCUT2D eigenvalue weighted by atomic mass is 32.1. The normalized spacial score (nSPS) is 12.4. The van der Waals surface area contributed by atoms with E-state index in [2.05, 4.69) is 15.5 Å². The van der Waals surface area contributed by atoms with Gasteiger partial charge in [-0.3, -0.25) is 4.79 Å². The third-order valence-electron chi connectivity index (χ3n) is 4.65. The van der Waals surface area contributed by atoms with Gasteiger partial charge in [0.25, 0.3) is 0 Å². The molecular weight excluding hydrogens is 414 g/mol. The van der Waals surface area contributed by atoms with Crippen LogP contribution in [0, 0.1) is 0 Å². The Bertz CT molecular complexity index is 1250. The van der Waals surface area contributed by atoms with Crippen LogP contribution >= 0.6 is 11.3 Å². The molecule has 1 amide bonds. The predicted molar refractivity (Wildman–Crippen MR) is 117 cm³/mol. The summed E-state index contributed by atoms with van der Waals surface area (Å²) >= 11 is 1.55. The second kappa shape index (κ2) is 8.45. The van der Waals surface area contributed by atoms with Crippen molar-refractivity contribution in [2.75, 3.05) is 12.1 Å². The molecule has 0 fully saturated rings. The lowest BCUT2D eigenvalue weighted by molar-refractivity contribution is -0.111. The van der Waals surface area contributed by atoms with E-state index in [9.17, 15) is 4.79 Å². The minimum Gasteiger partial charge on any atom is -0.454 e. The Hall–Kier alpha value is -3.91. The Balaban J connectivity index is 1.27. The number of benzene rings is 2. The molecule has 5 rings (SSSR count). The number of hydrogen-bond acceptors (Lipinski definition) is 7. The number of hydrogen-bond donors (Lipinski definition) is 1. The lowest BCUT2D eigenvalue weighted by atomic mass is 10.1. The predicted octanol–water partition coefficient (Wildman–Crippen LogP) is 4.77. The van der Waals surface area contributed by atoms with Crippen LogP contribution in [0.3, 0.4) is 0 Å². The Kier molecular flexibility index (Phi) is 5.20. The number of carbonyl (C=O) groups is 1. The fourth-order valence-corrected chi connectivity index (χ4v) is 3.80. The summed E-state index contributed by atoms with van der Waals surface area (Å²) in [6.07, 6.45) is 3.63. The zero-order valence-corrected chi connectivity index (χ0v) is 17.1. The average molecular weight is 431 g/mol. The van der Waals surface area contributed by atoms with Gasteiger partial charge in [-0.25, -0.2) is 0 Å². The molecule has 1 N–H and O–H groups in total. The maximum atomic E-state index is 12.5. The van der Waals surface area contributed by atoms with Crippen molar-refractivity contribution >= 4 is 29.0 Å². The van der Waals surface area contributed by atoms with Gasteiger partial charge in [0, 0.05) is 11.8 Å². The highest BCUT2D eigenvalue weighted by Gasteiger charge is 2.14. The third-order valence-corrected chi connectivity index (χ3v) is 5.52. The fourth-order valence-electron chi connectivity index (χ4n) is 3.15. The number of ether oxygens (including phenoxy) is 2. The number of amides is 1. The summed E-state index contributed by atoms with van der Waals surface area (Å²) in [6, 6.07) is 17.0. The summed E-state index contributed by atoms with van der Waals surface area (Å²) in [5.74, 6) is 2.20. The van der Waals surface area contributed by atoms with E-state index in [0.717, 1.165) is 16.0 Å². The first-order chi connectivity index (χ1) is 15.2. The molecule has 8 heteroatoms. The lowest BCUT2D eigenvalue weighted by Crippen LogP contribution is -2.10. The van der Waals surface area contributed by atoms with Crippen molar-refractivity contribution in [1.82, 2.24) is 10.1 Å². The number of nitrogens with one attached hydrogen (secondary N) is 1. The van der Waals surface area contributed by atoms with Crippen molar-refractivity contribution in [3.05, 3.63) is 83.1 Å². The van der Waals surface area contributed by atoms with Gasteiger partial charge in [0.1, 0.15) is 0 Å². The molecule has 0 radical (unpaired) electrons. The molecule has 0 unspecified atom stereocenters. The first-order valence-corrected chi connectivity index (χ1v) is 10.5. The molecule has 0 atom stereocenters. The van der Waals surface area contributed by atoms with Crippen LogP contribution in [0.15, 0.2) is 70.6 Å². The molecule has 0 bridgehead atoms. The monoisotopic (exact) mass is 431 g/mol.